The maximum absolute atomic E-state index is 13.8. The van der Waals surface area contributed by atoms with Crippen molar-refractivity contribution in [3.63, 3.8) is 0 Å². The van der Waals surface area contributed by atoms with Crippen LogP contribution in [0.3, 0.4) is 0 Å². The molecule has 0 bridgehead atoms. The number of rotatable bonds is 3. The third-order valence-electron chi connectivity index (χ3n) is 3.15. The molecule has 0 atom stereocenters. The standard InChI is InChI=1S/C16H18FNO/c1-10(2)14-9-18-11(3)8-13(14)12-6-5-7-15(17)16(12)19-4/h5-10H,1-4H3. The first kappa shape index (κ1) is 13.5. The van der Waals surface area contributed by atoms with Gasteiger partial charge in [0, 0.05) is 17.5 Å². The zero-order chi connectivity index (χ0) is 14.0. The summed E-state index contributed by atoms with van der Waals surface area (Å²) < 4.78 is 19.0. The largest absolute Gasteiger partial charge is 0.493 e. The molecule has 0 aliphatic rings. The number of pyridine rings is 1. The number of aromatic nitrogens is 1. The number of ether oxygens (including phenoxy) is 1. The molecule has 1 aromatic carbocycles. The average molecular weight is 259 g/mol. The summed E-state index contributed by atoms with van der Waals surface area (Å²) in [5, 5.41) is 0. The topological polar surface area (TPSA) is 22.1 Å². The molecule has 0 fully saturated rings. The van der Waals surface area contributed by atoms with Gasteiger partial charge in [-0.15, -0.1) is 0 Å². The van der Waals surface area contributed by atoms with Gasteiger partial charge in [0.1, 0.15) is 0 Å². The Hall–Kier alpha value is -1.90. The minimum absolute atomic E-state index is 0.287. The predicted octanol–water partition coefficient (Wildman–Crippen LogP) is 4.33. The molecule has 0 radical (unpaired) electrons. The van der Waals surface area contributed by atoms with Crippen molar-refractivity contribution in [1.29, 1.82) is 0 Å². The van der Waals surface area contributed by atoms with Gasteiger partial charge in [-0.1, -0.05) is 26.0 Å². The number of halogens is 1. The first-order valence-corrected chi connectivity index (χ1v) is 6.34. The molecule has 0 aliphatic carbocycles. The summed E-state index contributed by atoms with van der Waals surface area (Å²) in [7, 11) is 1.49. The van der Waals surface area contributed by atoms with Crippen molar-refractivity contribution in [2.45, 2.75) is 26.7 Å². The second-order valence-electron chi connectivity index (χ2n) is 4.89. The van der Waals surface area contributed by atoms with Crippen molar-refractivity contribution in [1.82, 2.24) is 4.98 Å². The molecule has 2 aromatic rings. The van der Waals surface area contributed by atoms with E-state index in [2.05, 4.69) is 18.8 Å². The van der Waals surface area contributed by atoms with Gasteiger partial charge in [0.15, 0.2) is 11.6 Å². The van der Waals surface area contributed by atoms with E-state index in [1.165, 1.54) is 13.2 Å². The van der Waals surface area contributed by atoms with Gasteiger partial charge in [-0.25, -0.2) is 4.39 Å². The van der Waals surface area contributed by atoms with E-state index in [0.29, 0.717) is 5.92 Å². The SMILES string of the molecule is COc1c(F)cccc1-c1cc(C)ncc1C(C)C. The van der Waals surface area contributed by atoms with Gasteiger partial charge in [0.05, 0.1) is 7.11 Å². The summed E-state index contributed by atoms with van der Waals surface area (Å²) >= 11 is 0. The van der Waals surface area contributed by atoms with E-state index in [4.69, 9.17) is 4.74 Å². The van der Waals surface area contributed by atoms with Crippen LogP contribution in [0.5, 0.6) is 5.75 Å². The van der Waals surface area contributed by atoms with E-state index in [9.17, 15) is 4.39 Å². The Bertz CT molecular complexity index is 593. The molecular formula is C16H18FNO. The number of hydrogen-bond acceptors (Lipinski definition) is 2. The van der Waals surface area contributed by atoms with Gasteiger partial charge < -0.3 is 4.74 Å². The second-order valence-corrected chi connectivity index (χ2v) is 4.89. The van der Waals surface area contributed by atoms with Crippen molar-refractivity contribution in [3.05, 3.63) is 47.5 Å². The van der Waals surface area contributed by atoms with E-state index in [1.54, 1.807) is 6.07 Å². The minimum atomic E-state index is -0.343. The number of methoxy groups -OCH3 is 1. The number of para-hydroxylation sites is 1. The van der Waals surface area contributed by atoms with Crippen LogP contribution in [-0.4, -0.2) is 12.1 Å². The Morgan fingerprint density at radius 1 is 1.21 bits per heavy atom. The quantitative estimate of drug-likeness (QED) is 0.818. The van der Waals surface area contributed by atoms with Crippen LogP contribution >= 0.6 is 0 Å². The number of benzene rings is 1. The lowest BCUT2D eigenvalue weighted by Gasteiger charge is -2.16. The van der Waals surface area contributed by atoms with Crippen molar-refractivity contribution < 1.29 is 9.13 Å². The average Bonchev–Trinajstić information content (AvgIpc) is 2.37. The Morgan fingerprint density at radius 2 is 1.95 bits per heavy atom. The summed E-state index contributed by atoms with van der Waals surface area (Å²) in [6.45, 7) is 6.13. The molecule has 19 heavy (non-hydrogen) atoms. The van der Waals surface area contributed by atoms with Crippen molar-refractivity contribution in [3.8, 4) is 16.9 Å². The lowest BCUT2D eigenvalue weighted by molar-refractivity contribution is 0.388. The third kappa shape index (κ3) is 2.60. The molecule has 0 amide bonds. The fourth-order valence-electron chi connectivity index (χ4n) is 2.19. The molecule has 0 aliphatic heterocycles. The lowest BCUT2D eigenvalue weighted by Crippen LogP contribution is -1.98. The minimum Gasteiger partial charge on any atom is -0.493 e. The predicted molar refractivity (Wildman–Crippen MR) is 75.0 cm³/mol. The van der Waals surface area contributed by atoms with Crippen LogP contribution in [0.25, 0.3) is 11.1 Å². The lowest BCUT2D eigenvalue weighted by atomic mass is 9.93. The van der Waals surface area contributed by atoms with E-state index >= 15 is 0 Å². The Morgan fingerprint density at radius 3 is 2.58 bits per heavy atom. The number of aryl methyl sites for hydroxylation is 1. The van der Waals surface area contributed by atoms with E-state index < -0.39 is 0 Å². The maximum atomic E-state index is 13.8. The second kappa shape index (κ2) is 5.39. The van der Waals surface area contributed by atoms with Crippen LogP contribution in [-0.2, 0) is 0 Å². The molecule has 0 saturated carbocycles. The number of hydrogen-bond donors (Lipinski definition) is 0. The van der Waals surface area contributed by atoms with Crippen molar-refractivity contribution in [2.75, 3.05) is 7.11 Å². The molecule has 0 spiro atoms. The first-order chi connectivity index (χ1) is 9.04. The maximum Gasteiger partial charge on any atom is 0.165 e. The molecule has 100 valence electrons. The molecule has 1 heterocycles. The van der Waals surface area contributed by atoms with Gasteiger partial charge in [-0.2, -0.15) is 0 Å². The highest BCUT2D eigenvalue weighted by molar-refractivity contribution is 5.74. The van der Waals surface area contributed by atoms with Gasteiger partial charge in [0.2, 0.25) is 0 Å². The smallest absolute Gasteiger partial charge is 0.165 e. The van der Waals surface area contributed by atoms with Crippen molar-refractivity contribution >= 4 is 0 Å². The van der Waals surface area contributed by atoms with Crippen LogP contribution in [0.4, 0.5) is 4.39 Å². The highest BCUT2D eigenvalue weighted by Gasteiger charge is 2.16. The summed E-state index contributed by atoms with van der Waals surface area (Å²) in [5.41, 5.74) is 3.76. The van der Waals surface area contributed by atoms with Crippen LogP contribution < -0.4 is 4.74 Å². The van der Waals surface area contributed by atoms with Gasteiger partial charge in [0.25, 0.3) is 0 Å². The monoisotopic (exact) mass is 259 g/mol. The highest BCUT2D eigenvalue weighted by atomic mass is 19.1. The Labute approximate surface area is 113 Å². The highest BCUT2D eigenvalue weighted by Crippen LogP contribution is 2.36. The van der Waals surface area contributed by atoms with E-state index in [-0.39, 0.29) is 11.6 Å². The van der Waals surface area contributed by atoms with Crippen LogP contribution in [0.2, 0.25) is 0 Å². The first-order valence-electron chi connectivity index (χ1n) is 6.34. The Balaban J connectivity index is 2.71. The van der Waals surface area contributed by atoms with Crippen LogP contribution in [0, 0.1) is 12.7 Å². The van der Waals surface area contributed by atoms with Crippen LogP contribution in [0.15, 0.2) is 30.5 Å². The molecule has 3 heteroatoms. The summed E-state index contributed by atoms with van der Waals surface area (Å²) in [4.78, 5) is 4.33. The zero-order valence-electron chi connectivity index (χ0n) is 11.7. The number of nitrogens with zero attached hydrogens (tertiary/aromatic N) is 1. The fraction of sp³-hybridized carbons (Fsp3) is 0.312. The summed E-state index contributed by atoms with van der Waals surface area (Å²) in [6.07, 6.45) is 1.86. The normalized spacial score (nSPS) is 10.8. The van der Waals surface area contributed by atoms with Gasteiger partial charge >= 0.3 is 0 Å². The fourth-order valence-corrected chi connectivity index (χ4v) is 2.19. The van der Waals surface area contributed by atoms with Gasteiger partial charge in [-0.05, 0) is 36.1 Å². The third-order valence-corrected chi connectivity index (χ3v) is 3.15. The van der Waals surface area contributed by atoms with Gasteiger partial charge in [-0.3, -0.25) is 4.98 Å². The molecule has 0 unspecified atom stereocenters. The van der Waals surface area contributed by atoms with Crippen LogP contribution in [0.1, 0.15) is 31.0 Å². The molecule has 0 N–H and O–H groups in total. The molecule has 1 aromatic heterocycles. The molecular weight excluding hydrogens is 241 g/mol. The Kier molecular flexibility index (Phi) is 3.84. The summed E-state index contributed by atoms with van der Waals surface area (Å²) in [5.74, 6) is 0.259. The molecule has 2 rings (SSSR count). The van der Waals surface area contributed by atoms with E-state index in [1.807, 2.05) is 25.3 Å². The van der Waals surface area contributed by atoms with Crippen molar-refractivity contribution in [2.24, 2.45) is 0 Å². The molecule has 2 nitrogen and oxygen atoms in total. The zero-order valence-corrected chi connectivity index (χ0v) is 11.7. The van der Waals surface area contributed by atoms with E-state index in [0.717, 1.165) is 22.4 Å². The molecule has 0 saturated heterocycles. The summed E-state index contributed by atoms with van der Waals surface area (Å²) in [6, 6.07) is 6.97.